The van der Waals surface area contributed by atoms with Crippen LogP contribution in [0, 0.1) is 11.3 Å². The average molecular weight is 181 g/mol. The lowest BCUT2D eigenvalue weighted by atomic mass is 10.2. The summed E-state index contributed by atoms with van der Waals surface area (Å²) in [4.78, 5) is 14.7. The van der Waals surface area contributed by atoms with E-state index in [0.717, 1.165) is 25.7 Å². The van der Waals surface area contributed by atoms with Gasteiger partial charge in [0.05, 0.1) is 0 Å². The van der Waals surface area contributed by atoms with Gasteiger partial charge in [-0.2, -0.15) is 5.26 Å². The number of nitriles is 1. The van der Waals surface area contributed by atoms with Crippen molar-refractivity contribution < 1.29 is 9.63 Å². The van der Waals surface area contributed by atoms with E-state index in [9.17, 15) is 4.79 Å². The summed E-state index contributed by atoms with van der Waals surface area (Å²) in [5.74, 6) is 0. The van der Waals surface area contributed by atoms with Gasteiger partial charge in [-0.3, -0.25) is 4.79 Å². The van der Waals surface area contributed by atoms with E-state index in [4.69, 9.17) is 10.1 Å². The summed E-state index contributed by atoms with van der Waals surface area (Å²) >= 11 is 0. The van der Waals surface area contributed by atoms with Gasteiger partial charge in [0, 0.05) is 0 Å². The van der Waals surface area contributed by atoms with E-state index in [1.165, 1.54) is 6.29 Å². The van der Waals surface area contributed by atoms with E-state index in [1.54, 1.807) is 6.07 Å². The van der Waals surface area contributed by atoms with Gasteiger partial charge in [-0.05, 0) is 12.8 Å². The maximum atomic E-state index is 9.94. The zero-order chi connectivity index (χ0) is 9.94. The molecule has 0 aliphatic heterocycles. The third-order valence-electron chi connectivity index (χ3n) is 1.45. The predicted molar refractivity (Wildman–Crippen MR) is 48.8 cm³/mol. The highest BCUT2D eigenvalue weighted by Crippen LogP contribution is 1.98. The fraction of sp³-hybridized carbons (Fsp3) is 0.667. The normalized spacial score (nSPS) is 10.6. The molecule has 13 heavy (non-hydrogen) atoms. The Morgan fingerprint density at radius 1 is 1.46 bits per heavy atom. The number of rotatable bonds is 7. The molecule has 0 aromatic heterocycles. The molecule has 0 aromatic rings. The summed E-state index contributed by atoms with van der Waals surface area (Å²) in [7, 11) is 0. The summed E-state index contributed by atoms with van der Waals surface area (Å²) in [6.45, 7) is 2.57. The number of hydrogen-bond donors (Lipinski definition) is 0. The Morgan fingerprint density at radius 2 is 2.23 bits per heavy atom. The van der Waals surface area contributed by atoms with Crippen LogP contribution in [0.2, 0.25) is 0 Å². The smallest absolute Gasteiger partial charge is 0.268 e. The minimum atomic E-state index is -0.338. The molecule has 0 amide bonds. The molecule has 4 heteroatoms. The number of hydrogen-bond acceptors (Lipinski definition) is 4. The van der Waals surface area contributed by atoms with E-state index in [0.29, 0.717) is 6.61 Å². The zero-order valence-corrected chi connectivity index (χ0v) is 7.75. The van der Waals surface area contributed by atoms with Gasteiger partial charge >= 0.3 is 0 Å². The topological polar surface area (TPSA) is 62.4 Å². The van der Waals surface area contributed by atoms with Crippen LogP contribution in [-0.2, 0) is 9.63 Å². The molecule has 0 saturated carbocycles. The third kappa shape index (κ3) is 7.01. The monoisotopic (exact) mass is 181 g/mol. The first kappa shape index (κ1) is 11.6. The lowest BCUT2D eigenvalue weighted by molar-refractivity contribution is 0.140. The molecule has 1 radical (unpaired) electrons. The predicted octanol–water partition coefficient (Wildman–Crippen LogP) is 1.57. The number of unbranched alkanes of at least 4 members (excludes halogenated alkanes) is 3. The van der Waals surface area contributed by atoms with Crippen LogP contribution >= 0.6 is 0 Å². The summed E-state index contributed by atoms with van der Waals surface area (Å²) in [5, 5.41) is 11.5. The average Bonchev–Trinajstić information content (AvgIpc) is 2.17. The van der Waals surface area contributed by atoms with Gasteiger partial charge in [-0.15, -0.1) is 0 Å². The molecule has 4 nitrogen and oxygen atoms in total. The maximum absolute atomic E-state index is 9.94. The van der Waals surface area contributed by atoms with Crippen LogP contribution < -0.4 is 0 Å². The standard InChI is InChI=1S/C9H13N2O2/c1-2-3-4-5-6-13-11-9(7-10)8-12/h2-6H2,1H3. The van der Waals surface area contributed by atoms with E-state index in [1.807, 2.05) is 0 Å². The summed E-state index contributed by atoms with van der Waals surface area (Å²) < 4.78 is 0. The van der Waals surface area contributed by atoms with Crippen LogP contribution in [0.4, 0.5) is 0 Å². The number of oxime groups is 1. The summed E-state index contributed by atoms with van der Waals surface area (Å²) in [6, 6.07) is 1.56. The van der Waals surface area contributed by atoms with Crippen LogP contribution in [-0.4, -0.2) is 18.6 Å². The van der Waals surface area contributed by atoms with Gasteiger partial charge in [0.15, 0.2) is 0 Å². The lowest BCUT2D eigenvalue weighted by Crippen LogP contribution is -1.97. The molecule has 0 heterocycles. The largest absolute Gasteiger partial charge is 0.395 e. The first-order valence-electron chi connectivity index (χ1n) is 4.33. The first-order valence-corrected chi connectivity index (χ1v) is 4.33. The molecule has 0 rings (SSSR count). The van der Waals surface area contributed by atoms with Crippen molar-refractivity contribution in [3.05, 3.63) is 0 Å². The second-order valence-electron chi connectivity index (χ2n) is 2.55. The Bertz CT molecular complexity index is 206. The molecule has 0 bridgehead atoms. The van der Waals surface area contributed by atoms with Crippen molar-refractivity contribution in [1.82, 2.24) is 0 Å². The fourth-order valence-corrected chi connectivity index (χ4v) is 0.765. The Morgan fingerprint density at radius 3 is 2.77 bits per heavy atom. The van der Waals surface area contributed by atoms with E-state index in [2.05, 4.69) is 12.1 Å². The lowest BCUT2D eigenvalue weighted by Gasteiger charge is -1.97. The molecule has 0 aromatic carbocycles. The van der Waals surface area contributed by atoms with Crippen molar-refractivity contribution in [2.75, 3.05) is 6.61 Å². The Kier molecular flexibility index (Phi) is 7.80. The van der Waals surface area contributed by atoms with Crippen molar-refractivity contribution >= 4 is 12.0 Å². The highest BCUT2D eigenvalue weighted by atomic mass is 16.6. The highest BCUT2D eigenvalue weighted by Gasteiger charge is 1.94. The van der Waals surface area contributed by atoms with Crippen molar-refractivity contribution in [1.29, 1.82) is 5.26 Å². The van der Waals surface area contributed by atoms with Gasteiger partial charge < -0.3 is 4.84 Å². The van der Waals surface area contributed by atoms with E-state index >= 15 is 0 Å². The SMILES string of the molecule is CCCCCCON=C([C]=O)C#N. The van der Waals surface area contributed by atoms with Gasteiger partial charge in [0.25, 0.3) is 6.29 Å². The van der Waals surface area contributed by atoms with Gasteiger partial charge in [0.2, 0.25) is 5.71 Å². The Labute approximate surface area is 78.2 Å². The van der Waals surface area contributed by atoms with Crippen molar-refractivity contribution in [3.63, 3.8) is 0 Å². The molecule has 0 atom stereocenters. The first-order chi connectivity index (χ1) is 6.35. The Balaban J connectivity index is 3.39. The molecule has 71 valence electrons. The quantitative estimate of drug-likeness (QED) is 0.340. The third-order valence-corrected chi connectivity index (χ3v) is 1.45. The minimum Gasteiger partial charge on any atom is -0.395 e. The molecule has 0 N–H and O–H groups in total. The van der Waals surface area contributed by atoms with Crippen LogP contribution in [0.5, 0.6) is 0 Å². The van der Waals surface area contributed by atoms with Crippen molar-refractivity contribution in [2.24, 2.45) is 5.16 Å². The molecular weight excluding hydrogens is 168 g/mol. The molecule has 0 saturated heterocycles. The van der Waals surface area contributed by atoms with E-state index in [-0.39, 0.29) is 5.71 Å². The molecule has 0 spiro atoms. The highest BCUT2D eigenvalue weighted by molar-refractivity contribution is 6.35. The Hall–Kier alpha value is -1.37. The molecule has 0 unspecified atom stereocenters. The second kappa shape index (κ2) is 8.72. The molecule has 0 aliphatic rings. The van der Waals surface area contributed by atoms with Crippen LogP contribution in [0.15, 0.2) is 5.16 Å². The number of nitrogens with zero attached hydrogens (tertiary/aromatic N) is 2. The zero-order valence-electron chi connectivity index (χ0n) is 7.75. The van der Waals surface area contributed by atoms with Gasteiger partial charge in [0.1, 0.15) is 12.7 Å². The van der Waals surface area contributed by atoms with Crippen molar-refractivity contribution in [3.8, 4) is 6.07 Å². The van der Waals surface area contributed by atoms with E-state index < -0.39 is 0 Å². The number of carbonyl (C=O) groups excluding carboxylic acids is 1. The van der Waals surface area contributed by atoms with Crippen LogP contribution in [0.1, 0.15) is 32.6 Å². The molecular formula is C9H13N2O2. The molecule has 0 aliphatic carbocycles. The van der Waals surface area contributed by atoms with Crippen LogP contribution in [0.25, 0.3) is 0 Å². The second-order valence-corrected chi connectivity index (χ2v) is 2.55. The van der Waals surface area contributed by atoms with Crippen molar-refractivity contribution in [2.45, 2.75) is 32.6 Å². The van der Waals surface area contributed by atoms with Gasteiger partial charge in [-0.1, -0.05) is 24.9 Å². The van der Waals surface area contributed by atoms with Crippen LogP contribution in [0.3, 0.4) is 0 Å². The molecule has 0 fully saturated rings. The summed E-state index contributed by atoms with van der Waals surface area (Å²) in [5.41, 5.74) is -0.338. The maximum Gasteiger partial charge on any atom is 0.268 e. The summed E-state index contributed by atoms with van der Waals surface area (Å²) in [6.07, 6.45) is 5.67. The fourth-order valence-electron chi connectivity index (χ4n) is 0.765. The minimum absolute atomic E-state index is 0.338. The van der Waals surface area contributed by atoms with Gasteiger partial charge in [-0.25, -0.2) is 0 Å².